The Labute approximate surface area is 180 Å². The molecule has 2 aromatic rings. The van der Waals surface area contributed by atoms with Gasteiger partial charge in [-0.15, -0.1) is 0 Å². The number of benzene rings is 1. The SMILES string of the molecule is CC1(C)CC(=O)c2c3c(n(-c4cc(F)c(C(N)=O)c(NC5CCNC5)c4)c2C1)COC3. The molecule has 1 aromatic carbocycles. The van der Waals surface area contributed by atoms with Crippen molar-refractivity contribution in [3.8, 4) is 5.69 Å². The zero-order valence-corrected chi connectivity index (χ0v) is 17.8. The maximum absolute atomic E-state index is 15.2. The molecule has 1 atom stereocenters. The van der Waals surface area contributed by atoms with Gasteiger partial charge in [0.05, 0.1) is 35.8 Å². The van der Waals surface area contributed by atoms with Gasteiger partial charge in [0.2, 0.25) is 0 Å². The van der Waals surface area contributed by atoms with Crippen molar-refractivity contribution < 1.29 is 18.7 Å². The third-order valence-corrected chi connectivity index (χ3v) is 6.53. The Morgan fingerprint density at radius 1 is 1.29 bits per heavy atom. The minimum absolute atomic E-state index is 0.0842. The van der Waals surface area contributed by atoms with Gasteiger partial charge in [-0.05, 0) is 36.9 Å². The quantitative estimate of drug-likeness (QED) is 0.698. The number of fused-ring (bicyclic) bond motifs is 3. The van der Waals surface area contributed by atoms with Crippen LogP contribution in [0.5, 0.6) is 0 Å². The summed E-state index contributed by atoms with van der Waals surface area (Å²) in [5.74, 6) is -1.37. The van der Waals surface area contributed by atoms with Crippen LogP contribution in [0.3, 0.4) is 0 Å². The monoisotopic (exact) mass is 426 g/mol. The molecule has 3 heterocycles. The summed E-state index contributed by atoms with van der Waals surface area (Å²) in [6.45, 7) is 6.49. The van der Waals surface area contributed by atoms with E-state index >= 15 is 4.39 Å². The molecule has 3 aliphatic rings. The molecule has 5 rings (SSSR count). The summed E-state index contributed by atoms with van der Waals surface area (Å²) in [7, 11) is 0. The maximum atomic E-state index is 15.2. The average molecular weight is 426 g/mol. The van der Waals surface area contributed by atoms with Gasteiger partial charge in [-0.25, -0.2) is 4.39 Å². The van der Waals surface area contributed by atoms with Gasteiger partial charge in [0.1, 0.15) is 5.82 Å². The number of hydrogen-bond donors (Lipinski definition) is 3. The van der Waals surface area contributed by atoms with E-state index in [1.54, 1.807) is 6.07 Å². The van der Waals surface area contributed by atoms with E-state index in [0.29, 0.717) is 37.4 Å². The van der Waals surface area contributed by atoms with Gasteiger partial charge < -0.3 is 25.7 Å². The van der Waals surface area contributed by atoms with Gasteiger partial charge in [0.15, 0.2) is 5.78 Å². The normalized spacial score (nSPS) is 21.8. The summed E-state index contributed by atoms with van der Waals surface area (Å²) in [5, 5.41) is 6.55. The number of rotatable bonds is 4. The summed E-state index contributed by atoms with van der Waals surface area (Å²) in [6, 6.07) is 3.19. The molecule has 1 fully saturated rings. The molecular formula is C23H27FN4O3. The van der Waals surface area contributed by atoms with Crippen LogP contribution in [-0.2, 0) is 24.4 Å². The van der Waals surface area contributed by atoms with Crippen LogP contribution < -0.4 is 16.4 Å². The Balaban J connectivity index is 1.69. The number of aromatic nitrogens is 1. The first-order valence-electron chi connectivity index (χ1n) is 10.7. The highest BCUT2D eigenvalue weighted by atomic mass is 19.1. The number of nitrogens with zero attached hydrogens (tertiary/aromatic N) is 1. The molecule has 1 amide bonds. The van der Waals surface area contributed by atoms with Crippen LogP contribution in [-0.4, -0.2) is 35.4 Å². The van der Waals surface area contributed by atoms with Crippen molar-refractivity contribution in [2.75, 3.05) is 18.4 Å². The zero-order chi connectivity index (χ0) is 21.9. The summed E-state index contributed by atoms with van der Waals surface area (Å²) < 4.78 is 22.8. The molecule has 1 aromatic heterocycles. The third kappa shape index (κ3) is 3.34. The van der Waals surface area contributed by atoms with Crippen LogP contribution in [0.4, 0.5) is 10.1 Å². The van der Waals surface area contributed by atoms with Crippen molar-refractivity contribution in [1.82, 2.24) is 9.88 Å². The lowest BCUT2D eigenvalue weighted by atomic mass is 9.75. The third-order valence-electron chi connectivity index (χ3n) is 6.53. The van der Waals surface area contributed by atoms with Crippen molar-refractivity contribution in [2.24, 2.45) is 11.1 Å². The molecule has 4 N–H and O–H groups in total. The van der Waals surface area contributed by atoms with Gasteiger partial charge >= 0.3 is 0 Å². The van der Waals surface area contributed by atoms with E-state index in [4.69, 9.17) is 10.5 Å². The zero-order valence-electron chi connectivity index (χ0n) is 17.8. The fraction of sp³-hybridized carbons (Fsp3) is 0.478. The highest BCUT2D eigenvalue weighted by Crippen LogP contribution is 2.42. The van der Waals surface area contributed by atoms with Crippen molar-refractivity contribution in [3.63, 3.8) is 0 Å². The largest absolute Gasteiger partial charge is 0.380 e. The van der Waals surface area contributed by atoms with Crippen molar-refractivity contribution in [3.05, 3.63) is 46.0 Å². The lowest BCUT2D eigenvalue weighted by molar-refractivity contribution is 0.0900. The second-order valence-electron chi connectivity index (χ2n) is 9.56. The van der Waals surface area contributed by atoms with Gasteiger partial charge in [-0.1, -0.05) is 13.8 Å². The average Bonchev–Trinajstić information content (AvgIpc) is 3.36. The van der Waals surface area contributed by atoms with Gasteiger partial charge in [-0.2, -0.15) is 0 Å². The molecule has 1 saturated heterocycles. The number of hydrogen-bond acceptors (Lipinski definition) is 5. The Morgan fingerprint density at radius 2 is 2.10 bits per heavy atom. The number of ketones is 1. The number of carbonyl (C=O) groups is 2. The summed E-state index contributed by atoms with van der Waals surface area (Å²) >= 11 is 0. The van der Waals surface area contributed by atoms with Crippen LogP contribution >= 0.6 is 0 Å². The number of ether oxygens (including phenoxy) is 1. The Morgan fingerprint density at radius 3 is 2.81 bits per heavy atom. The summed E-state index contributed by atoms with van der Waals surface area (Å²) in [4.78, 5) is 25.0. The van der Waals surface area contributed by atoms with E-state index in [0.717, 1.165) is 42.0 Å². The first-order chi connectivity index (χ1) is 14.7. The molecule has 164 valence electrons. The standard InChI is InChI=1S/C23H27FN4O3/c1-23(2)7-17-20(19(29)8-23)14-10-31-11-18(14)28(17)13-5-15(24)21(22(25)30)16(6-13)27-12-3-4-26-9-12/h5-6,12,26-27H,3-4,7-11H2,1-2H3,(H2,25,30). The van der Waals surface area contributed by atoms with E-state index in [9.17, 15) is 9.59 Å². The topological polar surface area (TPSA) is 98.4 Å². The number of anilines is 1. The molecule has 2 aliphatic heterocycles. The van der Waals surface area contributed by atoms with E-state index in [-0.39, 0.29) is 22.8 Å². The summed E-state index contributed by atoms with van der Waals surface area (Å²) in [6.07, 6.45) is 2.05. The molecule has 0 saturated carbocycles. The first kappa shape index (κ1) is 20.2. The smallest absolute Gasteiger partial charge is 0.253 e. The second-order valence-corrected chi connectivity index (χ2v) is 9.56. The fourth-order valence-electron chi connectivity index (χ4n) is 5.22. The van der Waals surface area contributed by atoms with Gasteiger partial charge in [-0.3, -0.25) is 9.59 Å². The number of nitrogens with one attached hydrogen (secondary N) is 2. The number of carbonyl (C=O) groups excluding carboxylic acids is 2. The molecule has 0 bridgehead atoms. The molecule has 0 spiro atoms. The van der Waals surface area contributed by atoms with E-state index < -0.39 is 11.7 Å². The van der Waals surface area contributed by atoms with Crippen LogP contribution in [0.25, 0.3) is 5.69 Å². The van der Waals surface area contributed by atoms with Gasteiger partial charge in [0, 0.05) is 35.8 Å². The van der Waals surface area contributed by atoms with Crippen LogP contribution in [0.2, 0.25) is 0 Å². The van der Waals surface area contributed by atoms with Crippen molar-refractivity contribution >= 4 is 17.4 Å². The van der Waals surface area contributed by atoms with Crippen LogP contribution in [0, 0.1) is 11.2 Å². The Hall–Kier alpha value is -2.71. The number of halogens is 1. The molecule has 1 unspecified atom stereocenters. The maximum Gasteiger partial charge on any atom is 0.253 e. The second kappa shape index (κ2) is 7.17. The van der Waals surface area contributed by atoms with Crippen LogP contribution in [0.15, 0.2) is 12.1 Å². The number of primary amides is 1. The Kier molecular flexibility index (Phi) is 4.67. The molecule has 31 heavy (non-hydrogen) atoms. The minimum atomic E-state index is -0.808. The lowest BCUT2D eigenvalue weighted by Crippen LogP contribution is -2.29. The predicted molar refractivity (Wildman–Crippen MR) is 114 cm³/mol. The predicted octanol–water partition coefficient (Wildman–Crippen LogP) is 2.67. The highest BCUT2D eigenvalue weighted by molar-refractivity contribution is 6.01. The minimum Gasteiger partial charge on any atom is -0.380 e. The Bertz CT molecular complexity index is 1100. The number of nitrogens with two attached hydrogens (primary N) is 1. The molecule has 0 radical (unpaired) electrons. The molecule has 7 nitrogen and oxygen atoms in total. The van der Waals surface area contributed by atoms with Crippen molar-refractivity contribution in [2.45, 2.75) is 52.4 Å². The van der Waals surface area contributed by atoms with Crippen molar-refractivity contribution in [1.29, 1.82) is 0 Å². The lowest BCUT2D eigenvalue weighted by Gasteiger charge is -2.30. The fourth-order valence-corrected chi connectivity index (χ4v) is 5.22. The van der Waals surface area contributed by atoms with E-state index in [2.05, 4.69) is 24.5 Å². The van der Waals surface area contributed by atoms with Crippen LogP contribution in [0.1, 0.15) is 64.4 Å². The molecule has 8 heteroatoms. The number of amides is 1. The van der Waals surface area contributed by atoms with E-state index in [1.807, 2.05) is 4.57 Å². The van der Waals surface area contributed by atoms with Gasteiger partial charge in [0.25, 0.3) is 5.91 Å². The molecular weight excluding hydrogens is 399 g/mol. The van der Waals surface area contributed by atoms with E-state index in [1.165, 1.54) is 6.07 Å². The summed E-state index contributed by atoms with van der Waals surface area (Å²) in [5.41, 5.74) is 9.55. The highest BCUT2D eigenvalue weighted by Gasteiger charge is 2.39. The molecule has 1 aliphatic carbocycles. The first-order valence-corrected chi connectivity index (χ1v) is 10.7. The number of Topliss-reactive ketones (excluding diaryl/α,β-unsaturated/α-hetero) is 1.